The van der Waals surface area contributed by atoms with Gasteiger partial charge in [0.05, 0.1) is 5.02 Å². The van der Waals surface area contributed by atoms with E-state index in [4.69, 9.17) is 23.2 Å². The van der Waals surface area contributed by atoms with Gasteiger partial charge < -0.3 is 25.2 Å². The lowest BCUT2D eigenvalue weighted by atomic mass is 9.89. The number of rotatable bonds is 7. The number of piperazine rings is 1. The van der Waals surface area contributed by atoms with Crippen LogP contribution in [0.5, 0.6) is 0 Å². The molecule has 0 bridgehead atoms. The third kappa shape index (κ3) is 6.18. The number of urea groups is 1. The van der Waals surface area contributed by atoms with Crippen LogP contribution in [0, 0.1) is 12.7 Å². The molecular weight excluding hydrogens is 648 g/mol. The highest BCUT2D eigenvalue weighted by molar-refractivity contribution is 8.01. The molecule has 240 valence electrons. The molecular formula is C34H35Cl2FN5O3S+. The molecule has 3 amide bonds. The van der Waals surface area contributed by atoms with Crippen molar-refractivity contribution in [2.75, 3.05) is 32.7 Å². The van der Waals surface area contributed by atoms with E-state index in [-0.39, 0.29) is 35.8 Å². The van der Waals surface area contributed by atoms with Crippen molar-refractivity contribution in [1.29, 1.82) is 0 Å². The van der Waals surface area contributed by atoms with E-state index in [0.717, 1.165) is 26.9 Å². The van der Waals surface area contributed by atoms with Gasteiger partial charge in [0.25, 0.3) is 0 Å². The van der Waals surface area contributed by atoms with E-state index < -0.39 is 16.6 Å². The van der Waals surface area contributed by atoms with Crippen LogP contribution in [-0.4, -0.2) is 79.8 Å². The maximum absolute atomic E-state index is 15.1. The zero-order valence-corrected chi connectivity index (χ0v) is 27.9. The van der Waals surface area contributed by atoms with Crippen molar-refractivity contribution in [2.45, 2.75) is 42.5 Å². The van der Waals surface area contributed by atoms with Crippen LogP contribution in [0.15, 0.2) is 71.8 Å². The number of H-pyrrole nitrogens is 1. The number of aryl methyl sites for hydroxylation is 1. The minimum Gasteiger partial charge on any atom is -0.463 e. The minimum atomic E-state index is -1.22. The summed E-state index contributed by atoms with van der Waals surface area (Å²) < 4.78 is 15.2. The predicted octanol–water partition coefficient (Wildman–Crippen LogP) is 6.94. The molecule has 3 N–H and O–H groups in total. The van der Waals surface area contributed by atoms with Gasteiger partial charge in [-0.05, 0) is 50.2 Å². The fourth-order valence-corrected chi connectivity index (χ4v) is 8.17. The lowest BCUT2D eigenvalue weighted by molar-refractivity contribution is -0.587. The Morgan fingerprint density at radius 2 is 1.78 bits per heavy atom. The summed E-state index contributed by atoms with van der Waals surface area (Å²) in [5.74, 6) is -0.673. The van der Waals surface area contributed by atoms with E-state index in [0.29, 0.717) is 43.3 Å². The number of thioether (sulfide) groups is 1. The van der Waals surface area contributed by atoms with Crippen LogP contribution in [0.1, 0.15) is 36.1 Å². The molecule has 46 heavy (non-hydrogen) atoms. The van der Waals surface area contributed by atoms with Crippen LogP contribution < -0.4 is 5.32 Å². The van der Waals surface area contributed by atoms with E-state index >= 15 is 4.79 Å². The van der Waals surface area contributed by atoms with Gasteiger partial charge in [0.15, 0.2) is 11.3 Å². The number of nitrogens with one attached hydrogen (secondary N) is 2. The highest BCUT2D eigenvalue weighted by atomic mass is 35.5. The van der Waals surface area contributed by atoms with Crippen LogP contribution in [0.4, 0.5) is 9.18 Å². The number of amides is 3. The summed E-state index contributed by atoms with van der Waals surface area (Å²) in [5.41, 5.74) is 3.28. The van der Waals surface area contributed by atoms with Crippen molar-refractivity contribution in [2.24, 2.45) is 0 Å². The van der Waals surface area contributed by atoms with Gasteiger partial charge in [-0.25, -0.2) is 9.18 Å². The summed E-state index contributed by atoms with van der Waals surface area (Å²) in [6, 6.07) is 17.3. The van der Waals surface area contributed by atoms with E-state index in [1.807, 2.05) is 56.4 Å². The monoisotopic (exact) mass is 682 g/mol. The van der Waals surface area contributed by atoms with Gasteiger partial charge in [-0.15, -0.1) is 11.8 Å². The Morgan fingerprint density at radius 3 is 2.48 bits per heavy atom. The Hall–Kier alpha value is -3.73. The van der Waals surface area contributed by atoms with Gasteiger partial charge in [0, 0.05) is 70.9 Å². The Balaban J connectivity index is 1.47. The molecule has 3 heterocycles. The molecule has 3 aromatic carbocycles. The van der Waals surface area contributed by atoms with E-state index in [1.165, 1.54) is 23.9 Å². The third-order valence-electron chi connectivity index (χ3n) is 8.68. The van der Waals surface area contributed by atoms with E-state index in [2.05, 4.69) is 10.3 Å². The smallest absolute Gasteiger partial charge is 0.336 e. The van der Waals surface area contributed by atoms with Crippen molar-refractivity contribution < 1.29 is 23.7 Å². The van der Waals surface area contributed by atoms with Crippen molar-refractivity contribution in [3.8, 4) is 0 Å². The molecule has 1 saturated heterocycles. The first-order valence-electron chi connectivity index (χ1n) is 15.2. The average molecular weight is 684 g/mol. The predicted molar refractivity (Wildman–Crippen MR) is 181 cm³/mol. The summed E-state index contributed by atoms with van der Waals surface area (Å²) in [6.07, 6.45) is 1.91. The van der Waals surface area contributed by atoms with Crippen molar-refractivity contribution >= 4 is 63.7 Å². The van der Waals surface area contributed by atoms with E-state index in [1.54, 1.807) is 26.5 Å². The third-order valence-corrected chi connectivity index (χ3v) is 10.6. The van der Waals surface area contributed by atoms with Crippen molar-refractivity contribution in [3.05, 3.63) is 99.4 Å². The molecule has 4 aromatic rings. The lowest BCUT2D eigenvalue weighted by Gasteiger charge is -2.40. The summed E-state index contributed by atoms with van der Waals surface area (Å²) in [7, 11) is 0. The summed E-state index contributed by atoms with van der Waals surface area (Å²) in [5, 5.41) is 16.1. The molecule has 1 fully saturated rings. The molecule has 0 spiro atoms. The number of carbonyl (C=O) groups excluding carboxylic acids is 2. The number of aliphatic hydroxyl groups excluding tert-OH is 1. The molecule has 1 aromatic heterocycles. The second-order valence-electron chi connectivity index (χ2n) is 11.7. The fraction of sp³-hybridized carbons (Fsp3) is 0.324. The number of aromatic nitrogens is 1. The Bertz CT molecular complexity index is 1820. The first-order valence-corrected chi connectivity index (χ1v) is 16.8. The molecule has 2 aliphatic rings. The second kappa shape index (κ2) is 13.2. The van der Waals surface area contributed by atoms with Crippen molar-refractivity contribution in [1.82, 2.24) is 20.1 Å². The van der Waals surface area contributed by atoms with Crippen LogP contribution in [0.25, 0.3) is 10.9 Å². The number of halogens is 3. The Labute approximate surface area is 281 Å². The maximum atomic E-state index is 15.1. The van der Waals surface area contributed by atoms with E-state index in [9.17, 15) is 14.3 Å². The summed E-state index contributed by atoms with van der Waals surface area (Å²) in [6.45, 7) is 6.02. The first-order chi connectivity index (χ1) is 22.1. The number of fused-ring (bicyclic) bond motifs is 1. The number of aliphatic hydroxyl groups is 1. The van der Waals surface area contributed by atoms with Gasteiger partial charge in [-0.1, -0.05) is 53.0 Å². The number of carbonyl (C=O) groups is 2. The number of benzene rings is 3. The molecule has 8 nitrogen and oxygen atoms in total. The first kappa shape index (κ1) is 32.2. The topological polar surface area (TPSA) is 91.7 Å². The Morgan fingerprint density at radius 1 is 1.07 bits per heavy atom. The Kier molecular flexibility index (Phi) is 9.23. The zero-order chi connectivity index (χ0) is 32.6. The highest BCUT2D eigenvalue weighted by Gasteiger charge is 2.62. The molecule has 2 aliphatic heterocycles. The van der Waals surface area contributed by atoms with Crippen molar-refractivity contribution in [3.63, 3.8) is 0 Å². The number of hydrogen-bond donors (Lipinski definition) is 3. The van der Waals surface area contributed by atoms with Gasteiger partial charge in [0.2, 0.25) is 11.9 Å². The number of nitrogens with zero attached hydrogens (tertiary/aromatic N) is 3. The largest absolute Gasteiger partial charge is 0.463 e. The fourth-order valence-electron chi connectivity index (χ4n) is 6.41. The molecule has 6 rings (SSSR count). The van der Waals surface area contributed by atoms with Gasteiger partial charge in [-0.2, -0.15) is 4.58 Å². The standard InChI is InChI=1S/C34H34Cl2FN5O3S/c1-3-38-33(45)41-14-12-40(13-15-41)32(44)34(46-24-8-4-21(2)5-9-24)18-30(43)42(20-22-6-11-27(36)28(37)16-22)31(34)26-19-39-29-17-23(35)7-10-25(26)29/h4-11,16-17,19,31,39H,3,12-15,18,20H2,1-2H3,(H,38,45)/p+1/t31-,34?/m0/s1. The van der Waals surface area contributed by atoms with Crippen LogP contribution >= 0.6 is 35.0 Å². The number of hydrogen-bond acceptors (Lipinski definition) is 3. The van der Waals surface area contributed by atoms with Crippen LogP contribution in [0.3, 0.4) is 0 Å². The summed E-state index contributed by atoms with van der Waals surface area (Å²) >= 11 is 13.8. The highest BCUT2D eigenvalue weighted by Crippen LogP contribution is 2.53. The van der Waals surface area contributed by atoms with Crippen LogP contribution in [0.2, 0.25) is 10.0 Å². The minimum absolute atomic E-state index is 0.00893. The molecule has 1 unspecified atom stereocenters. The SMILES string of the molecule is CCNC(=O)N1CCN(C(=O)C2(Sc3ccc(C)cc3)CC(O)=[N+](Cc3ccc(Cl)c(F)c3)[C@H]2c2c[nH]c3cc(Cl)ccc23)CC1. The number of aromatic amines is 1. The summed E-state index contributed by atoms with van der Waals surface area (Å²) in [4.78, 5) is 35.3. The average Bonchev–Trinajstić information content (AvgIpc) is 3.57. The van der Waals surface area contributed by atoms with Gasteiger partial charge >= 0.3 is 11.9 Å². The van der Waals surface area contributed by atoms with Gasteiger partial charge in [-0.3, -0.25) is 4.79 Å². The normalized spacial score (nSPS) is 20.1. The quantitative estimate of drug-likeness (QED) is 0.184. The second-order valence-corrected chi connectivity index (χ2v) is 14.0. The zero-order valence-electron chi connectivity index (χ0n) is 25.5. The van der Waals surface area contributed by atoms with Crippen LogP contribution in [-0.2, 0) is 11.3 Å². The maximum Gasteiger partial charge on any atom is 0.336 e. The molecule has 0 aliphatic carbocycles. The molecule has 0 radical (unpaired) electrons. The molecule has 0 saturated carbocycles. The lowest BCUT2D eigenvalue weighted by Crippen LogP contribution is -2.58. The molecule has 12 heteroatoms. The van der Waals surface area contributed by atoms with Gasteiger partial charge in [0.1, 0.15) is 12.2 Å². The molecule has 2 atom stereocenters.